The Morgan fingerprint density at radius 1 is 0.784 bits per heavy atom. The van der Waals surface area contributed by atoms with Crippen molar-refractivity contribution in [3.05, 3.63) is 137 Å². The Morgan fingerprint density at radius 3 is 2.00 bits per heavy atom. The number of benzene rings is 3. The lowest BCUT2D eigenvalue weighted by atomic mass is 9.83. The number of hydrogen-bond acceptors (Lipinski definition) is 5. The van der Waals surface area contributed by atoms with Crippen LogP contribution in [-0.2, 0) is 13.0 Å². The molecule has 1 N–H and O–H groups in total. The molecule has 0 unspecified atom stereocenters. The predicted octanol–water partition coefficient (Wildman–Crippen LogP) is 3.77. The van der Waals surface area contributed by atoms with Crippen LogP contribution in [-0.4, -0.2) is 26.9 Å². The summed E-state index contributed by atoms with van der Waals surface area (Å²) in [7, 11) is 0. The van der Waals surface area contributed by atoms with Gasteiger partial charge in [0.15, 0.2) is 11.6 Å². The fourth-order valence-electron chi connectivity index (χ4n) is 4.95. The van der Waals surface area contributed by atoms with Crippen LogP contribution in [0.25, 0.3) is 0 Å². The third-order valence-electron chi connectivity index (χ3n) is 6.68. The van der Waals surface area contributed by atoms with E-state index in [1.165, 1.54) is 0 Å². The average Bonchev–Trinajstić information content (AvgIpc) is 2.88. The molecule has 0 radical (unpaired) electrons. The third-order valence-corrected chi connectivity index (χ3v) is 6.68. The molecule has 7 nitrogen and oxygen atoms in total. The van der Waals surface area contributed by atoms with Crippen molar-refractivity contribution in [2.75, 3.05) is 0 Å². The first kappa shape index (κ1) is 24.1. The third kappa shape index (κ3) is 4.08. The van der Waals surface area contributed by atoms with Crippen molar-refractivity contribution in [2.45, 2.75) is 33.7 Å². The average molecular weight is 493 g/mol. The van der Waals surface area contributed by atoms with Crippen LogP contribution in [0.1, 0.15) is 77.1 Å². The number of nitrogens with zero attached hydrogens (tertiary/aromatic N) is 1. The first-order valence-corrected chi connectivity index (χ1v) is 12.0. The largest absolute Gasteiger partial charge is 0.329 e. The number of aromatic amines is 1. The summed E-state index contributed by atoms with van der Waals surface area (Å²) in [5.41, 5.74) is 2.85. The fourth-order valence-corrected chi connectivity index (χ4v) is 4.95. The lowest BCUT2D eigenvalue weighted by molar-refractivity contribution is 0.0979. The number of carbonyl (C=O) groups excluding carboxylic acids is 3. The number of nitrogens with one attached hydrogen (secondary N) is 1. The molecule has 0 saturated heterocycles. The topological polar surface area (TPSA) is 106 Å². The molecule has 4 aromatic rings. The van der Waals surface area contributed by atoms with Crippen LogP contribution in [0.5, 0.6) is 0 Å². The summed E-state index contributed by atoms with van der Waals surface area (Å²) >= 11 is 0. The van der Waals surface area contributed by atoms with Gasteiger partial charge in [0.25, 0.3) is 5.56 Å². The molecule has 1 aliphatic carbocycles. The fraction of sp³-hybridized carbons (Fsp3) is 0.167. The smallest absolute Gasteiger partial charge is 0.303 e. The number of rotatable bonds is 5. The van der Waals surface area contributed by atoms with Gasteiger partial charge in [0, 0.05) is 33.4 Å². The normalized spacial score (nSPS) is 12.3. The lowest BCUT2D eigenvalue weighted by Gasteiger charge is -2.18. The minimum absolute atomic E-state index is 0.0124. The molecule has 5 rings (SSSR count). The van der Waals surface area contributed by atoms with Gasteiger partial charge in [-0.25, -0.2) is 4.79 Å². The second-order valence-corrected chi connectivity index (χ2v) is 9.32. The van der Waals surface area contributed by atoms with E-state index >= 15 is 0 Å². The van der Waals surface area contributed by atoms with Crippen LogP contribution in [0.2, 0.25) is 0 Å². The highest BCUT2D eigenvalue weighted by Gasteiger charge is 2.29. The van der Waals surface area contributed by atoms with E-state index in [9.17, 15) is 24.0 Å². The van der Waals surface area contributed by atoms with Gasteiger partial charge in [-0.2, -0.15) is 0 Å². The number of aryl methyl sites for hydroxylation is 2. The van der Waals surface area contributed by atoms with Gasteiger partial charge in [-0.1, -0.05) is 54.4 Å². The maximum Gasteiger partial charge on any atom is 0.329 e. The molecular weight excluding hydrogens is 468 g/mol. The Hall–Kier alpha value is -4.65. The van der Waals surface area contributed by atoms with Crippen molar-refractivity contribution in [1.29, 1.82) is 0 Å². The van der Waals surface area contributed by atoms with Crippen molar-refractivity contribution in [1.82, 2.24) is 9.55 Å². The summed E-state index contributed by atoms with van der Waals surface area (Å²) in [5, 5.41) is 0. The molecule has 0 fully saturated rings. The van der Waals surface area contributed by atoms with E-state index in [2.05, 4.69) is 4.98 Å². The molecule has 0 spiro atoms. The zero-order chi connectivity index (χ0) is 26.4. The van der Waals surface area contributed by atoms with Gasteiger partial charge in [0.05, 0.1) is 12.2 Å². The Labute approximate surface area is 212 Å². The number of H-pyrrole nitrogens is 1. The van der Waals surface area contributed by atoms with Crippen LogP contribution in [0, 0.1) is 13.8 Å². The summed E-state index contributed by atoms with van der Waals surface area (Å²) < 4.78 is 1.02. The van der Waals surface area contributed by atoms with E-state index in [4.69, 9.17) is 0 Å². The molecule has 7 heteroatoms. The van der Waals surface area contributed by atoms with Crippen LogP contribution in [0.4, 0.5) is 0 Å². The van der Waals surface area contributed by atoms with Gasteiger partial charge in [-0.05, 0) is 50.1 Å². The van der Waals surface area contributed by atoms with Crippen LogP contribution < -0.4 is 11.2 Å². The van der Waals surface area contributed by atoms with E-state index in [-0.39, 0.29) is 46.9 Å². The Bertz CT molecular complexity index is 1740. The molecule has 3 aromatic carbocycles. The number of fused-ring (bicyclic) bond motifs is 2. The molecular formula is C30H24N2O5. The Kier molecular flexibility index (Phi) is 5.91. The van der Waals surface area contributed by atoms with Crippen molar-refractivity contribution >= 4 is 17.3 Å². The van der Waals surface area contributed by atoms with Gasteiger partial charge >= 0.3 is 5.69 Å². The first-order valence-electron chi connectivity index (χ1n) is 12.0. The highest BCUT2D eigenvalue weighted by molar-refractivity contribution is 6.28. The second kappa shape index (κ2) is 9.09. The Morgan fingerprint density at radius 2 is 1.38 bits per heavy atom. The van der Waals surface area contributed by atoms with Crippen LogP contribution in [0.15, 0.2) is 70.3 Å². The maximum atomic E-state index is 13.4. The van der Waals surface area contributed by atoms with Gasteiger partial charge < -0.3 is 4.98 Å². The standard InChI is InChI=1S/C30H24N2O5/c1-4-20-25(26(33)19-12-16(2)11-17(3)13-19)31-30(37)32(29(20)36)15-18-9-10-23-24(14-18)28(35)22-8-6-5-7-21(22)27(23)34/h5-14H,4,15H2,1-3H3,(H,31,37). The summed E-state index contributed by atoms with van der Waals surface area (Å²) in [4.78, 5) is 68.2. The predicted molar refractivity (Wildman–Crippen MR) is 139 cm³/mol. The van der Waals surface area contributed by atoms with Crippen LogP contribution >= 0.6 is 0 Å². The molecule has 184 valence electrons. The van der Waals surface area contributed by atoms with E-state index in [0.717, 1.165) is 15.7 Å². The summed E-state index contributed by atoms with van der Waals surface area (Å²) in [6.07, 6.45) is 0.245. The zero-order valence-electron chi connectivity index (χ0n) is 20.7. The molecule has 0 saturated carbocycles. The minimum Gasteiger partial charge on any atom is -0.303 e. The van der Waals surface area contributed by atoms with Crippen molar-refractivity contribution in [2.24, 2.45) is 0 Å². The van der Waals surface area contributed by atoms with E-state index in [1.807, 2.05) is 19.9 Å². The van der Waals surface area contributed by atoms with E-state index in [0.29, 0.717) is 22.3 Å². The Balaban J connectivity index is 1.55. The summed E-state index contributed by atoms with van der Waals surface area (Å²) in [6, 6.07) is 16.8. The zero-order valence-corrected chi connectivity index (χ0v) is 20.7. The minimum atomic E-state index is -0.722. The molecule has 37 heavy (non-hydrogen) atoms. The first-order chi connectivity index (χ1) is 17.7. The quantitative estimate of drug-likeness (QED) is 0.376. The molecule has 0 atom stereocenters. The molecule has 0 aliphatic heterocycles. The lowest BCUT2D eigenvalue weighted by Crippen LogP contribution is -2.40. The summed E-state index contributed by atoms with van der Waals surface area (Å²) in [5.74, 6) is -0.937. The van der Waals surface area contributed by atoms with Gasteiger partial charge in [-0.3, -0.25) is 23.7 Å². The van der Waals surface area contributed by atoms with E-state index < -0.39 is 17.0 Å². The SMILES string of the molecule is CCc1c(C(=O)c2cc(C)cc(C)c2)[nH]c(=O)n(Cc2ccc3c(c2)C(=O)c2ccccc2C3=O)c1=O. The molecule has 1 aromatic heterocycles. The molecule has 0 bridgehead atoms. The molecule has 0 amide bonds. The van der Waals surface area contributed by atoms with Gasteiger partial charge in [0.2, 0.25) is 5.78 Å². The number of hydrogen-bond donors (Lipinski definition) is 1. The monoisotopic (exact) mass is 492 g/mol. The van der Waals surface area contributed by atoms with Crippen molar-refractivity contribution < 1.29 is 14.4 Å². The molecule has 1 aliphatic rings. The number of carbonyl (C=O) groups is 3. The van der Waals surface area contributed by atoms with Gasteiger partial charge in [-0.15, -0.1) is 0 Å². The number of ketones is 3. The highest BCUT2D eigenvalue weighted by Crippen LogP contribution is 2.28. The highest BCUT2D eigenvalue weighted by atomic mass is 16.2. The number of aromatic nitrogens is 2. The summed E-state index contributed by atoms with van der Waals surface area (Å²) in [6.45, 7) is 5.38. The maximum absolute atomic E-state index is 13.4. The van der Waals surface area contributed by atoms with Crippen molar-refractivity contribution in [3.8, 4) is 0 Å². The second-order valence-electron chi connectivity index (χ2n) is 9.32. The van der Waals surface area contributed by atoms with Crippen LogP contribution in [0.3, 0.4) is 0 Å². The van der Waals surface area contributed by atoms with Gasteiger partial charge in [0.1, 0.15) is 0 Å². The molecule has 1 heterocycles. The van der Waals surface area contributed by atoms with E-state index in [1.54, 1.807) is 61.5 Å². The van der Waals surface area contributed by atoms with Crippen molar-refractivity contribution in [3.63, 3.8) is 0 Å².